The lowest BCUT2D eigenvalue weighted by Gasteiger charge is -2.44. The Morgan fingerprint density at radius 1 is 0.865 bits per heavy atom. The highest BCUT2D eigenvalue weighted by atomic mass is 28.4. The van der Waals surface area contributed by atoms with Gasteiger partial charge in [-0.05, 0) is 60.5 Å². The molecule has 0 amide bonds. The van der Waals surface area contributed by atoms with E-state index in [-0.39, 0.29) is 46.5 Å². The second-order valence-electron chi connectivity index (χ2n) is 18.5. The maximum absolute atomic E-state index is 13.8. The predicted octanol–water partition coefficient (Wildman–Crippen LogP) is 8.20. The Labute approximate surface area is 312 Å². The molecular formula is C36H61N3O10Si3. The molecule has 3 heterocycles. The molecule has 1 aromatic heterocycles. The summed E-state index contributed by atoms with van der Waals surface area (Å²) in [6, 6.07) is 4.54. The summed E-state index contributed by atoms with van der Waals surface area (Å²) in [4.78, 5) is 29.3. The van der Waals surface area contributed by atoms with Crippen molar-refractivity contribution in [3.63, 3.8) is 0 Å². The predicted molar refractivity (Wildman–Crippen MR) is 208 cm³/mol. The zero-order chi connectivity index (χ0) is 39.2. The van der Waals surface area contributed by atoms with Gasteiger partial charge in [-0.2, -0.15) is 4.98 Å². The van der Waals surface area contributed by atoms with E-state index < -0.39 is 60.1 Å². The highest BCUT2D eigenvalue weighted by Crippen LogP contribution is 2.46. The molecule has 0 unspecified atom stereocenters. The molecule has 0 aliphatic carbocycles. The van der Waals surface area contributed by atoms with Gasteiger partial charge in [-0.15, -0.1) is 0 Å². The van der Waals surface area contributed by atoms with Gasteiger partial charge in [0.1, 0.15) is 18.3 Å². The SMILES string of the molecule is CC(C)(C)[Si](C)(C)OC[C@H]1O[C@@H](n2ccc(OCCc3cc4c(cc3[N+](=O)[O-])OCO4)nc2=O)[C@H](O[Si](C)(C)C(C)(C)C)[C@@H]1O[Si](C)(C)C(C)(C)C. The van der Waals surface area contributed by atoms with Crippen LogP contribution in [-0.2, 0) is 24.4 Å². The minimum atomic E-state index is -2.43. The summed E-state index contributed by atoms with van der Waals surface area (Å²) in [6.07, 6.45) is -0.633. The highest BCUT2D eigenvalue weighted by molar-refractivity contribution is 6.75. The summed E-state index contributed by atoms with van der Waals surface area (Å²) in [5, 5.41) is 11.5. The molecule has 2 aromatic rings. The standard InChI is InChI=1S/C36H61N3O10Si3/c1-34(2,3)50(10,11)46-22-28-30(48-51(12,13)35(4,5)6)31(49-52(14,15)36(7,8)9)32(47-28)38-18-16-29(37-33(38)40)43-19-17-24-20-26-27(45-23-44-26)21-25(24)39(41)42/h16,18,20-21,28,30-32H,17,19,22-23H2,1-15H3/t28-,30-,31-,32-/m1/s1. The lowest BCUT2D eigenvalue weighted by molar-refractivity contribution is -0.385. The largest absolute Gasteiger partial charge is 0.477 e. The van der Waals surface area contributed by atoms with Crippen molar-refractivity contribution in [2.45, 2.75) is 148 Å². The molecule has 1 aromatic carbocycles. The second kappa shape index (κ2) is 14.9. The van der Waals surface area contributed by atoms with Crippen molar-refractivity contribution >= 4 is 30.6 Å². The summed E-state index contributed by atoms with van der Waals surface area (Å²) in [6.45, 7) is 33.4. The summed E-state index contributed by atoms with van der Waals surface area (Å²) in [5.74, 6) is 0.866. The number of fused-ring (bicyclic) bond motifs is 1. The molecule has 4 rings (SSSR count). The molecule has 2 aliphatic heterocycles. The smallest absolute Gasteiger partial charge is 0.353 e. The van der Waals surface area contributed by atoms with Crippen molar-refractivity contribution in [1.29, 1.82) is 0 Å². The molecule has 16 heteroatoms. The van der Waals surface area contributed by atoms with Crippen LogP contribution in [0.4, 0.5) is 5.69 Å². The molecule has 52 heavy (non-hydrogen) atoms. The van der Waals surface area contributed by atoms with Crippen LogP contribution in [0.25, 0.3) is 0 Å². The van der Waals surface area contributed by atoms with E-state index in [2.05, 4.69) is 107 Å². The van der Waals surface area contributed by atoms with E-state index in [0.29, 0.717) is 23.7 Å². The molecule has 0 radical (unpaired) electrons. The summed E-state index contributed by atoms with van der Waals surface area (Å²) < 4.78 is 45.9. The number of nitro benzene ring substituents is 1. The first-order valence-corrected chi connectivity index (χ1v) is 26.8. The Kier molecular flexibility index (Phi) is 12.1. The molecule has 292 valence electrons. The van der Waals surface area contributed by atoms with Gasteiger partial charge < -0.3 is 32.2 Å². The molecule has 2 aliphatic rings. The van der Waals surface area contributed by atoms with Crippen molar-refractivity contribution in [1.82, 2.24) is 9.55 Å². The summed E-state index contributed by atoms with van der Waals surface area (Å²) in [7, 11) is -6.97. The van der Waals surface area contributed by atoms with Crippen molar-refractivity contribution < 1.29 is 37.1 Å². The summed E-state index contributed by atoms with van der Waals surface area (Å²) in [5.41, 5.74) is -0.243. The maximum Gasteiger partial charge on any atom is 0.353 e. The normalized spacial score (nSPS) is 21.4. The molecule has 0 N–H and O–H groups in total. The number of ether oxygens (including phenoxy) is 4. The highest BCUT2D eigenvalue weighted by Gasteiger charge is 2.55. The second-order valence-corrected chi connectivity index (χ2v) is 32.8. The molecule has 0 bridgehead atoms. The van der Waals surface area contributed by atoms with Crippen LogP contribution in [0.15, 0.2) is 29.2 Å². The average molecular weight is 780 g/mol. The zero-order valence-electron chi connectivity index (χ0n) is 33.9. The third-order valence-corrected chi connectivity index (χ3v) is 25.1. The molecule has 4 atom stereocenters. The van der Waals surface area contributed by atoms with E-state index in [4.69, 9.17) is 32.2 Å². The molecule has 0 saturated carbocycles. The molecule has 13 nitrogen and oxygen atoms in total. The Balaban J connectivity index is 1.66. The van der Waals surface area contributed by atoms with Crippen molar-refractivity contribution in [2.24, 2.45) is 0 Å². The molecule has 1 fully saturated rings. The molecule has 0 spiro atoms. The van der Waals surface area contributed by atoms with Gasteiger partial charge in [-0.1, -0.05) is 62.3 Å². The van der Waals surface area contributed by atoms with Crippen LogP contribution in [0.5, 0.6) is 17.4 Å². The Hall–Kier alpha value is -2.61. The van der Waals surface area contributed by atoms with Crippen LogP contribution in [0.2, 0.25) is 54.4 Å². The topological polar surface area (TPSA) is 143 Å². The van der Waals surface area contributed by atoms with Crippen molar-refractivity contribution in [2.75, 3.05) is 20.0 Å². The maximum atomic E-state index is 13.8. The lowest BCUT2D eigenvalue weighted by atomic mass is 10.1. The number of nitrogens with zero attached hydrogens (tertiary/aromatic N) is 3. The first-order valence-electron chi connectivity index (χ1n) is 18.1. The third kappa shape index (κ3) is 9.18. The van der Waals surface area contributed by atoms with Gasteiger partial charge in [0.2, 0.25) is 12.7 Å². The van der Waals surface area contributed by atoms with E-state index in [0.717, 1.165) is 0 Å². The number of nitro groups is 1. The fourth-order valence-electron chi connectivity index (χ4n) is 5.16. The van der Waals surface area contributed by atoms with Crippen LogP contribution in [0.3, 0.4) is 0 Å². The summed E-state index contributed by atoms with van der Waals surface area (Å²) >= 11 is 0. The van der Waals surface area contributed by atoms with E-state index in [1.807, 2.05) is 0 Å². The average Bonchev–Trinajstić information content (AvgIpc) is 3.57. The van der Waals surface area contributed by atoms with Gasteiger partial charge in [0.15, 0.2) is 42.7 Å². The number of rotatable bonds is 13. The fourth-order valence-corrected chi connectivity index (χ4v) is 8.77. The number of hydrogen-bond donors (Lipinski definition) is 0. The van der Waals surface area contributed by atoms with Gasteiger partial charge >= 0.3 is 5.69 Å². The van der Waals surface area contributed by atoms with Crippen molar-refractivity contribution in [3.8, 4) is 17.4 Å². The lowest BCUT2D eigenvalue weighted by Crippen LogP contribution is -2.54. The van der Waals surface area contributed by atoms with E-state index >= 15 is 0 Å². The minimum absolute atomic E-state index is 0.00666. The zero-order valence-corrected chi connectivity index (χ0v) is 36.9. The van der Waals surface area contributed by atoms with Gasteiger partial charge in [-0.25, -0.2) is 4.79 Å². The first kappa shape index (κ1) is 42.1. The number of aromatic nitrogens is 2. The van der Waals surface area contributed by atoms with E-state index in [1.54, 1.807) is 18.3 Å². The Morgan fingerprint density at radius 2 is 1.40 bits per heavy atom. The van der Waals surface area contributed by atoms with E-state index in [1.165, 1.54) is 10.6 Å². The van der Waals surface area contributed by atoms with Gasteiger partial charge in [0.25, 0.3) is 5.69 Å². The van der Waals surface area contributed by atoms with Crippen LogP contribution in [-0.4, -0.2) is 77.7 Å². The third-order valence-electron chi connectivity index (χ3n) is 11.6. The van der Waals surface area contributed by atoms with E-state index in [9.17, 15) is 14.9 Å². The minimum Gasteiger partial charge on any atom is -0.477 e. The Morgan fingerprint density at radius 3 is 1.92 bits per heavy atom. The van der Waals surface area contributed by atoms with Gasteiger partial charge in [0, 0.05) is 24.2 Å². The van der Waals surface area contributed by atoms with Crippen LogP contribution >= 0.6 is 0 Å². The molecule has 1 saturated heterocycles. The van der Waals surface area contributed by atoms with Crippen LogP contribution in [0, 0.1) is 10.1 Å². The van der Waals surface area contributed by atoms with Crippen LogP contribution in [0.1, 0.15) is 74.1 Å². The number of benzene rings is 1. The van der Waals surface area contributed by atoms with Crippen LogP contribution < -0.4 is 19.9 Å². The van der Waals surface area contributed by atoms with Gasteiger partial charge in [-0.3, -0.25) is 14.7 Å². The first-order chi connectivity index (χ1) is 23.6. The fraction of sp³-hybridized carbons (Fsp3) is 0.722. The molecular weight excluding hydrogens is 719 g/mol. The Bertz CT molecular complexity index is 1660. The quantitative estimate of drug-likeness (QED) is 0.110. The van der Waals surface area contributed by atoms with Gasteiger partial charge in [0.05, 0.1) is 24.2 Å². The monoisotopic (exact) mass is 779 g/mol. The van der Waals surface area contributed by atoms with Crippen molar-refractivity contribution in [3.05, 3.63) is 50.6 Å². The number of hydrogen-bond acceptors (Lipinski definition) is 11.